The number of carbonyl (C=O) groups excluding carboxylic acids is 1. The van der Waals surface area contributed by atoms with Crippen LogP contribution in [0, 0.1) is 0 Å². The second-order valence-corrected chi connectivity index (χ2v) is 3.42. The van der Waals surface area contributed by atoms with E-state index in [9.17, 15) is 4.79 Å². The molecule has 0 amide bonds. The maximum absolute atomic E-state index is 11.0. The van der Waals surface area contributed by atoms with Crippen molar-refractivity contribution in [2.75, 3.05) is 14.2 Å². The summed E-state index contributed by atoms with van der Waals surface area (Å²) in [6.45, 7) is 0. The van der Waals surface area contributed by atoms with Gasteiger partial charge in [-0.25, -0.2) is 0 Å². The Hall–Kier alpha value is -1.22. The molecule has 0 unspecified atom stereocenters. The van der Waals surface area contributed by atoms with Crippen LogP contribution < -0.4 is 4.74 Å². The Morgan fingerprint density at radius 1 is 1.40 bits per heavy atom. The molecule has 0 atom stereocenters. The van der Waals surface area contributed by atoms with Crippen molar-refractivity contribution in [3.8, 4) is 5.75 Å². The maximum Gasteiger partial charge on any atom is 0.305 e. The zero-order valence-corrected chi connectivity index (χ0v) is 9.50. The van der Waals surface area contributed by atoms with E-state index in [1.54, 1.807) is 13.2 Å². The zero-order chi connectivity index (χ0) is 11.3. The SMILES string of the molecule is COC(=O)CCc1cccc(Cl)c1OC. The lowest BCUT2D eigenvalue weighted by Crippen LogP contribution is -2.03. The first-order chi connectivity index (χ1) is 7.19. The first-order valence-electron chi connectivity index (χ1n) is 4.57. The third-order valence-corrected chi connectivity index (χ3v) is 2.38. The van der Waals surface area contributed by atoms with Crippen molar-refractivity contribution in [1.82, 2.24) is 0 Å². The van der Waals surface area contributed by atoms with E-state index in [0.29, 0.717) is 23.6 Å². The molecule has 4 heteroatoms. The minimum atomic E-state index is -0.239. The van der Waals surface area contributed by atoms with Gasteiger partial charge in [0.25, 0.3) is 0 Å². The molecule has 0 fully saturated rings. The van der Waals surface area contributed by atoms with Gasteiger partial charge in [-0.3, -0.25) is 4.79 Å². The molecule has 1 aromatic carbocycles. The fourth-order valence-electron chi connectivity index (χ4n) is 1.32. The molecule has 0 aliphatic rings. The van der Waals surface area contributed by atoms with Gasteiger partial charge >= 0.3 is 5.97 Å². The Morgan fingerprint density at radius 2 is 2.13 bits per heavy atom. The Balaban J connectivity index is 2.76. The largest absolute Gasteiger partial charge is 0.495 e. The maximum atomic E-state index is 11.0. The molecule has 15 heavy (non-hydrogen) atoms. The molecule has 3 nitrogen and oxygen atoms in total. The van der Waals surface area contributed by atoms with Gasteiger partial charge in [0, 0.05) is 6.42 Å². The van der Waals surface area contributed by atoms with Crippen LogP contribution in [0.15, 0.2) is 18.2 Å². The number of carbonyl (C=O) groups is 1. The van der Waals surface area contributed by atoms with E-state index in [-0.39, 0.29) is 5.97 Å². The van der Waals surface area contributed by atoms with Crippen LogP contribution in [-0.4, -0.2) is 20.2 Å². The second kappa shape index (κ2) is 5.61. The normalized spacial score (nSPS) is 9.80. The van der Waals surface area contributed by atoms with E-state index in [1.165, 1.54) is 7.11 Å². The zero-order valence-electron chi connectivity index (χ0n) is 8.75. The lowest BCUT2D eigenvalue weighted by Gasteiger charge is -2.09. The van der Waals surface area contributed by atoms with Gasteiger partial charge < -0.3 is 9.47 Å². The van der Waals surface area contributed by atoms with Crippen molar-refractivity contribution in [2.45, 2.75) is 12.8 Å². The molecule has 0 aromatic heterocycles. The highest BCUT2D eigenvalue weighted by molar-refractivity contribution is 6.32. The summed E-state index contributed by atoms with van der Waals surface area (Å²) in [5.74, 6) is 0.389. The quantitative estimate of drug-likeness (QED) is 0.743. The Bertz CT molecular complexity index is 350. The van der Waals surface area contributed by atoms with Gasteiger partial charge in [-0.15, -0.1) is 0 Å². The molecule has 0 saturated heterocycles. The van der Waals surface area contributed by atoms with Crippen molar-refractivity contribution in [3.05, 3.63) is 28.8 Å². The molecule has 82 valence electrons. The molecule has 0 spiro atoms. The highest BCUT2D eigenvalue weighted by atomic mass is 35.5. The molecule has 0 aliphatic heterocycles. The predicted molar refractivity (Wildman–Crippen MR) is 58.3 cm³/mol. The second-order valence-electron chi connectivity index (χ2n) is 3.01. The molecule has 0 heterocycles. The summed E-state index contributed by atoms with van der Waals surface area (Å²) < 4.78 is 9.72. The number of hydrogen-bond donors (Lipinski definition) is 0. The highest BCUT2D eigenvalue weighted by Crippen LogP contribution is 2.28. The standard InChI is InChI=1S/C11H13ClO3/c1-14-10(13)7-6-8-4-3-5-9(12)11(8)15-2/h3-5H,6-7H2,1-2H3. The van der Waals surface area contributed by atoms with Crippen LogP contribution in [0.5, 0.6) is 5.75 Å². The van der Waals surface area contributed by atoms with Gasteiger partial charge in [0.1, 0.15) is 5.75 Å². The fraction of sp³-hybridized carbons (Fsp3) is 0.364. The third-order valence-electron chi connectivity index (χ3n) is 2.08. The van der Waals surface area contributed by atoms with Crippen LogP contribution in [0.2, 0.25) is 5.02 Å². The minimum Gasteiger partial charge on any atom is -0.495 e. The van der Waals surface area contributed by atoms with Crippen LogP contribution >= 0.6 is 11.6 Å². The molecule has 0 bridgehead atoms. The van der Waals surface area contributed by atoms with E-state index in [4.69, 9.17) is 16.3 Å². The summed E-state index contributed by atoms with van der Waals surface area (Å²) in [5, 5.41) is 0.555. The lowest BCUT2D eigenvalue weighted by molar-refractivity contribution is -0.140. The lowest BCUT2D eigenvalue weighted by atomic mass is 10.1. The number of halogens is 1. The van der Waals surface area contributed by atoms with E-state index in [2.05, 4.69) is 4.74 Å². The predicted octanol–water partition coefficient (Wildman–Crippen LogP) is 2.45. The van der Waals surface area contributed by atoms with Gasteiger partial charge in [0.15, 0.2) is 0 Å². The van der Waals surface area contributed by atoms with Gasteiger partial charge in [0.2, 0.25) is 0 Å². The monoisotopic (exact) mass is 228 g/mol. The number of hydrogen-bond acceptors (Lipinski definition) is 3. The molecule has 0 N–H and O–H groups in total. The van der Waals surface area contributed by atoms with Gasteiger partial charge in [-0.05, 0) is 18.1 Å². The average molecular weight is 229 g/mol. The first kappa shape index (κ1) is 11.9. The number of rotatable bonds is 4. The van der Waals surface area contributed by atoms with Crippen molar-refractivity contribution in [2.24, 2.45) is 0 Å². The number of ether oxygens (including phenoxy) is 2. The molecule has 0 aliphatic carbocycles. The first-order valence-corrected chi connectivity index (χ1v) is 4.95. The van der Waals surface area contributed by atoms with E-state index >= 15 is 0 Å². The molecule has 0 radical (unpaired) electrons. The van der Waals surface area contributed by atoms with Gasteiger partial charge in [-0.2, -0.15) is 0 Å². The minimum absolute atomic E-state index is 0.239. The van der Waals surface area contributed by atoms with Crippen molar-refractivity contribution < 1.29 is 14.3 Å². The number of esters is 1. The van der Waals surface area contributed by atoms with Crippen molar-refractivity contribution in [3.63, 3.8) is 0 Å². The van der Waals surface area contributed by atoms with E-state index in [1.807, 2.05) is 12.1 Å². The average Bonchev–Trinajstić information content (AvgIpc) is 2.25. The van der Waals surface area contributed by atoms with Crippen LogP contribution in [0.25, 0.3) is 0 Å². The number of aryl methyl sites for hydroxylation is 1. The topological polar surface area (TPSA) is 35.5 Å². The van der Waals surface area contributed by atoms with Gasteiger partial charge in [0.05, 0.1) is 19.2 Å². The molecule has 1 rings (SSSR count). The summed E-state index contributed by atoms with van der Waals surface area (Å²) in [6.07, 6.45) is 0.892. The number of methoxy groups -OCH3 is 2. The van der Waals surface area contributed by atoms with Crippen LogP contribution in [-0.2, 0) is 16.0 Å². The molecule has 1 aromatic rings. The summed E-state index contributed by atoms with van der Waals surface area (Å²) in [5.41, 5.74) is 0.912. The number of para-hydroxylation sites is 1. The summed E-state index contributed by atoms with van der Waals surface area (Å²) in [6, 6.07) is 5.47. The molecular formula is C11H13ClO3. The summed E-state index contributed by atoms with van der Waals surface area (Å²) in [4.78, 5) is 11.0. The Morgan fingerprint density at radius 3 is 2.73 bits per heavy atom. The van der Waals surface area contributed by atoms with E-state index < -0.39 is 0 Å². The molecular weight excluding hydrogens is 216 g/mol. The van der Waals surface area contributed by atoms with Gasteiger partial charge in [-0.1, -0.05) is 23.7 Å². The smallest absolute Gasteiger partial charge is 0.305 e. The highest BCUT2D eigenvalue weighted by Gasteiger charge is 2.09. The summed E-state index contributed by atoms with van der Waals surface area (Å²) >= 11 is 5.94. The van der Waals surface area contributed by atoms with E-state index in [0.717, 1.165) is 5.56 Å². The summed E-state index contributed by atoms with van der Waals surface area (Å²) in [7, 11) is 2.93. The Labute approximate surface area is 93.9 Å². The third kappa shape index (κ3) is 3.13. The van der Waals surface area contributed by atoms with Crippen LogP contribution in [0.3, 0.4) is 0 Å². The number of benzene rings is 1. The van der Waals surface area contributed by atoms with Crippen molar-refractivity contribution >= 4 is 17.6 Å². The van der Waals surface area contributed by atoms with Crippen LogP contribution in [0.4, 0.5) is 0 Å². The van der Waals surface area contributed by atoms with Crippen LogP contribution in [0.1, 0.15) is 12.0 Å². The molecule has 0 saturated carbocycles. The Kier molecular flexibility index (Phi) is 4.43. The fourth-order valence-corrected chi connectivity index (χ4v) is 1.59. The van der Waals surface area contributed by atoms with Crippen molar-refractivity contribution in [1.29, 1.82) is 0 Å².